The molecule has 0 aliphatic rings. The summed E-state index contributed by atoms with van der Waals surface area (Å²) in [6.07, 6.45) is 1.43. The molecule has 0 atom stereocenters. The van der Waals surface area contributed by atoms with Gasteiger partial charge in [0.2, 0.25) is 0 Å². The molecule has 2 N–H and O–H groups in total. The smallest absolute Gasteiger partial charge is 0.258 e. The van der Waals surface area contributed by atoms with Gasteiger partial charge in [0.1, 0.15) is 6.61 Å². The summed E-state index contributed by atoms with van der Waals surface area (Å²) < 4.78 is 27.9. The zero-order valence-corrected chi connectivity index (χ0v) is 12.3. The molecule has 0 saturated carbocycles. The molecule has 0 aliphatic heterocycles. The zero-order chi connectivity index (χ0) is 14.6. The van der Waals surface area contributed by atoms with E-state index in [-0.39, 0.29) is 18.2 Å². The standard InChI is InChI=1S/C12H13N3O3S2/c1-15-12(6-7-13-15)20(17,18)14-9-11-5-4-10(19-11)3-2-8-16/h4-7,14,16H,8-9H2,1H3. The van der Waals surface area contributed by atoms with E-state index in [1.807, 2.05) is 0 Å². The predicted octanol–water partition coefficient (Wildman–Crippen LogP) is 0.304. The Labute approximate surface area is 121 Å². The lowest BCUT2D eigenvalue weighted by Gasteiger charge is -2.05. The van der Waals surface area contributed by atoms with Gasteiger partial charge in [-0.25, -0.2) is 13.1 Å². The zero-order valence-electron chi connectivity index (χ0n) is 10.7. The van der Waals surface area contributed by atoms with Gasteiger partial charge in [-0.3, -0.25) is 4.68 Å². The van der Waals surface area contributed by atoms with Gasteiger partial charge in [-0.2, -0.15) is 5.10 Å². The Morgan fingerprint density at radius 2 is 2.25 bits per heavy atom. The first-order valence-corrected chi connectivity index (χ1v) is 7.99. The summed E-state index contributed by atoms with van der Waals surface area (Å²) in [6, 6.07) is 5.04. The van der Waals surface area contributed by atoms with Crippen LogP contribution in [0.15, 0.2) is 29.4 Å². The van der Waals surface area contributed by atoms with Crippen molar-refractivity contribution in [2.24, 2.45) is 7.05 Å². The van der Waals surface area contributed by atoms with Crippen LogP contribution in [-0.2, 0) is 23.6 Å². The van der Waals surface area contributed by atoms with Crippen molar-refractivity contribution >= 4 is 21.4 Å². The van der Waals surface area contributed by atoms with Gasteiger partial charge in [0.15, 0.2) is 5.03 Å². The van der Waals surface area contributed by atoms with Crippen molar-refractivity contribution in [3.8, 4) is 11.8 Å². The van der Waals surface area contributed by atoms with Gasteiger partial charge in [0.25, 0.3) is 10.0 Å². The summed E-state index contributed by atoms with van der Waals surface area (Å²) in [7, 11) is -2.00. The van der Waals surface area contributed by atoms with Crippen LogP contribution in [0.2, 0.25) is 0 Å². The maximum Gasteiger partial charge on any atom is 0.258 e. The number of hydrogen-bond acceptors (Lipinski definition) is 5. The molecule has 20 heavy (non-hydrogen) atoms. The number of sulfonamides is 1. The SMILES string of the molecule is Cn1nccc1S(=O)(=O)NCc1ccc(C#CCO)s1. The van der Waals surface area contributed by atoms with E-state index < -0.39 is 10.0 Å². The molecule has 0 unspecified atom stereocenters. The van der Waals surface area contributed by atoms with Crippen LogP contribution in [0.3, 0.4) is 0 Å². The minimum Gasteiger partial charge on any atom is -0.384 e. The molecule has 0 bridgehead atoms. The van der Waals surface area contributed by atoms with Crippen LogP contribution in [0.25, 0.3) is 0 Å². The van der Waals surface area contributed by atoms with Crippen molar-refractivity contribution in [3.05, 3.63) is 34.2 Å². The monoisotopic (exact) mass is 311 g/mol. The second kappa shape index (κ2) is 6.19. The normalized spacial score (nSPS) is 11.1. The fourth-order valence-corrected chi connectivity index (χ4v) is 3.57. The maximum atomic E-state index is 12.0. The van der Waals surface area contributed by atoms with Crippen molar-refractivity contribution in [2.45, 2.75) is 11.6 Å². The van der Waals surface area contributed by atoms with Gasteiger partial charge >= 0.3 is 0 Å². The highest BCUT2D eigenvalue weighted by Gasteiger charge is 2.17. The van der Waals surface area contributed by atoms with Gasteiger partial charge < -0.3 is 5.11 Å². The first-order valence-electron chi connectivity index (χ1n) is 5.69. The molecular weight excluding hydrogens is 298 g/mol. The van der Waals surface area contributed by atoms with Gasteiger partial charge in [-0.05, 0) is 18.2 Å². The Balaban J connectivity index is 2.05. The summed E-state index contributed by atoms with van der Waals surface area (Å²) in [6.45, 7) is -0.000658. The van der Waals surface area contributed by atoms with Gasteiger partial charge in [-0.1, -0.05) is 11.8 Å². The molecule has 0 spiro atoms. The van der Waals surface area contributed by atoms with E-state index in [4.69, 9.17) is 5.11 Å². The quantitative estimate of drug-likeness (QED) is 0.796. The number of nitrogens with one attached hydrogen (secondary N) is 1. The van der Waals surface area contributed by atoms with E-state index in [0.717, 1.165) is 9.75 Å². The molecule has 0 saturated heterocycles. The lowest BCUT2D eigenvalue weighted by atomic mass is 10.4. The molecule has 2 aromatic heterocycles. The van der Waals surface area contributed by atoms with E-state index >= 15 is 0 Å². The van der Waals surface area contributed by atoms with Crippen LogP contribution < -0.4 is 4.72 Å². The van der Waals surface area contributed by atoms with E-state index in [9.17, 15) is 8.42 Å². The van der Waals surface area contributed by atoms with Gasteiger partial charge in [-0.15, -0.1) is 11.3 Å². The van der Waals surface area contributed by atoms with E-state index in [1.54, 1.807) is 19.2 Å². The second-order valence-corrected chi connectivity index (χ2v) is 6.73. The fraction of sp³-hybridized carbons (Fsp3) is 0.250. The summed E-state index contributed by atoms with van der Waals surface area (Å²) in [5.41, 5.74) is 0. The molecule has 106 valence electrons. The molecule has 0 radical (unpaired) electrons. The highest BCUT2D eigenvalue weighted by molar-refractivity contribution is 7.89. The second-order valence-electron chi connectivity index (χ2n) is 3.84. The predicted molar refractivity (Wildman–Crippen MR) is 75.5 cm³/mol. The Bertz CT molecular complexity index is 750. The molecule has 2 heterocycles. The molecule has 6 nitrogen and oxygen atoms in total. The van der Waals surface area contributed by atoms with Crippen LogP contribution in [0, 0.1) is 11.8 Å². The van der Waals surface area contributed by atoms with Crippen LogP contribution in [0.5, 0.6) is 0 Å². The average Bonchev–Trinajstić information content (AvgIpc) is 3.03. The molecular formula is C12H13N3O3S2. The lowest BCUT2D eigenvalue weighted by Crippen LogP contribution is -2.24. The van der Waals surface area contributed by atoms with E-state index in [2.05, 4.69) is 21.7 Å². The summed E-state index contributed by atoms with van der Waals surface area (Å²) in [4.78, 5) is 1.63. The Morgan fingerprint density at radius 1 is 1.45 bits per heavy atom. The Morgan fingerprint density at radius 3 is 2.90 bits per heavy atom. The maximum absolute atomic E-state index is 12.0. The molecule has 0 fully saturated rings. The largest absolute Gasteiger partial charge is 0.384 e. The number of aliphatic hydroxyl groups excluding tert-OH is 1. The topological polar surface area (TPSA) is 84.2 Å². The molecule has 8 heteroatoms. The van der Waals surface area contributed by atoms with Crippen LogP contribution in [-0.4, -0.2) is 29.9 Å². The number of nitrogens with zero attached hydrogens (tertiary/aromatic N) is 2. The molecule has 2 aromatic rings. The van der Waals surface area contributed by atoms with Crippen LogP contribution >= 0.6 is 11.3 Å². The molecule has 0 aromatic carbocycles. The van der Waals surface area contributed by atoms with Crippen molar-refractivity contribution in [2.75, 3.05) is 6.61 Å². The summed E-state index contributed by atoms with van der Waals surface area (Å²) >= 11 is 1.38. The van der Waals surface area contributed by atoms with E-state index in [0.29, 0.717) is 0 Å². The average molecular weight is 311 g/mol. The number of aliphatic hydroxyl groups is 1. The number of hydrogen-bond donors (Lipinski definition) is 2. The number of thiophene rings is 1. The van der Waals surface area contributed by atoms with Crippen molar-refractivity contribution < 1.29 is 13.5 Å². The third-order valence-electron chi connectivity index (χ3n) is 2.44. The van der Waals surface area contributed by atoms with Crippen molar-refractivity contribution in [3.63, 3.8) is 0 Å². The minimum atomic E-state index is -3.57. The van der Waals surface area contributed by atoms with Gasteiger partial charge in [0, 0.05) is 18.5 Å². The van der Waals surface area contributed by atoms with Crippen LogP contribution in [0.4, 0.5) is 0 Å². The highest BCUT2D eigenvalue weighted by Crippen LogP contribution is 2.16. The third kappa shape index (κ3) is 3.46. The van der Waals surface area contributed by atoms with Crippen molar-refractivity contribution in [1.29, 1.82) is 0 Å². The Kier molecular flexibility index (Phi) is 4.57. The van der Waals surface area contributed by atoms with Gasteiger partial charge in [0.05, 0.1) is 11.1 Å². The number of rotatable bonds is 4. The number of aryl methyl sites for hydroxylation is 1. The summed E-state index contributed by atoms with van der Waals surface area (Å²) in [5.74, 6) is 5.32. The lowest BCUT2D eigenvalue weighted by molar-refractivity contribution is 0.350. The molecule has 0 amide bonds. The Hall–Kier alpha value is -1.66. The third-order valence-corrected chi connectivity index (χ3v) is 4.92. The molecule has 2 rings (SSSR count). The van der Waals surface area contributed by atoms with Crippen LogP contribution in [0.1, 0.15) is 9.75 Å². The number of aromatic nitrogens is 2. The van der Waals surface area contributed by atoms with E-state index in [1.165, 1.54) is 28.3 Å². The molecule has 0 aliphatic carbocycles. The first kappa shape index (κ1) is 14.7. The highest BCUT2D eigenvalue weighted by atomic mass is 32.2. The first-order chi connectivity index (χ1) is 9.53. The summed E-state index contributed by atoms with van der Waals surface area (Å²) in [5, 5.41) is 12.6. The fourth-order valence-electron chi connectivity index (χ4n) is 1.53. The minimum absolute atomic E-state index is 0.120. The van der Waals surface area contributed by atoms with Crippen molar-refractivity contribution in [1.82, 2.24) is 14.5 Å².